The van der Waals surface area contributed by atoms with E-state index in [0.29, 0.717) is 23.0 Å². The van der Waals surface area contributed by atoms with E-state index in [-0.39, 0.29) is 5.41 Å². The fraction of sp³-hybridized carbons (Fsp3) is 0.833. The van der Waals surface area contributed by atoms with Gasteiger partial charge in [-0.3, -0.25) is 4.79 Å². The van der Waals surface area contributed by atoms with Gasteiger partial charge in [0.2, 0.25) is 0 Å². The monoisotopic (exact) mass is 260 g/mol. The Morgan fingerprint density at radius 2 is 1.89 bits per heavy atom. The molecule has 0 aromatic heterocycles. The van der Waals surface area contributed by atoms with E-state index in [0.717, 1.165) is 18.8 Å². The first-order chi connectivity index (χ1) is 8.89. The number of rotatable bonds is 0. The number of Topliss-reactive ketones (excluding diaryl/α,β-unsaturated/α-hetero) is 1. The standard InChI is InChI=1S/C18H28O/c1-12-6-5-10-17(3)14(12)9-11-18(4)15(17)8-7-13(2)16(18)19/h6,13-15H,5,7-11H2,1-4H3/t13-,14?,15?,17-,18+/m0/s1. The zero-order valence-electron chi connectivity index (χ0n) is 13.0. The third kappa shape index (κ3) is 1.69. The van der Waals surface area contributed by atoms with E-state index >= 15 is 0 Å². The van der Waals surface area contributed by atoms with Gasteiger partial charge in [0, 0.05) is 11.3 Å². The van der Waals surface area contributed by atoms with Gasteiger partial charge >= 0.3 is 0 Å². The minimum absolute atomic E-state index is 0.0272. The average Bonchev–Trinajstić information content (AvgIpc) is 2.35. The fourth-order valence-corrected chi connectivity index (χ4v) is 5.82. The lowest BCUT2D eigenvalue weighted by atomic mass is 9.44. The molecule has 2 saturated carbocycles. The molecule has 0 aliphatic heterocycles. The van der Waals surface area contributed by atoms with Crippen molar-refractivity contribution in [3.63, 3.8) is 0 Å². The summed E-state index contributed by atoms with van der Waals surface area (Å²) in [5.74, 6) is 2.21. The van der Waals surface area contributed by atoms with E-state index < -0.39 is 0 Å². The molecule has 0 heterocycles. The van der Waals surface area contributed by atoms with E-state index in [1.54, 1.807) is 5.57 Å². The van der Waals surface area contributed by atoms with Crippen LogP contribution in [0, 0.1) is 28.6 Å². The van der Waals surface area contributed by atoms with Crippen molar-refractivity contribution in [1.82, 2.24) is 0 Å². The summed E-state index contributed by atoms with van der Waals surface area (Å²) in [6.07, 6.45) is 9.68. The van der Waals surface area contributed by atoms with Crippen LogP contribution in [0.25, 0.3) is 0 Å². The van der Waals surface area contributed by atoms with E-state index in [2.05, 4.69) is 33.8 Å². The second kappa shape index (κ2) is 4.20. The molecule has 0 aromatic carbocycles. The highest BCUT2D eigenvalue weighted by Crippen LogP contribution is 2.63. The molecule has 1 nitrogen and oxygen atoms in total. The third-order valence-electron chi connectivity index (χ3n) is 6.91. The Kier molecular flexibility index (Phi) is 2.96. The van der Waals surface area contributed by atoms with Gasteiger partial charge in [-0.05, 0) is 62.7 Å². The maximum Gasteiger partial charge on any atom is 0.141 e. The van der Waals surface area contributed by atoms with E-state index in [9.17, 15) is 4.79 Å². The summed E-state index contributed by atoms with van der Waals surface area (Å²) in [4.78, 5) is 12.8. The van der Waals surface area contributed by atoms with E-state index in [4.69, 9.17) is 0 Å². The van der Waals surface area contributed by atoms with Crippen LogP contribution in [0.2, 0.25) is 0 Å². The minimum atomic E-state index is -0.0272. The van der Waals surface area contributed by atoms with Gasteiger partial charge in [0.25, 0.3) is 0 Å². The summed E-state index contributed by atoms with van der Waals surface area (Å²) in [5.41, 5.74) is 1.95. The molecule has 106 valence electrons. The van der Waals surface area contributed by atoms with Crippen LogP contribution in [0.1, 0.15) is 66.2 Å². The Labute approximate surface area is 117 Å². The highest BCUT2D eigenvalue weighted by molar-refractivity contribution is 5.87. The number of ketones is 1. The summed E-state index contributed by atoms with van der Waals surface area (Å²) >= 11 is 0. The molecule has 2 unspecified atom stereocenters. The molecule has 2 fully saturated rings. The van der Waals surface area contributed by atoms with Crippen LogP contribution in [0.15, 0.2) is 11.6 Å². The van der Waals surface area contributed by atoms with Gasteiger partial charge in [0.1, 0.15) is 5.78 Å². The summed E-state index contributed by atoms with van der Waals surface area (Å²) in [7, 11) is 0. The highest BCUT2D eigenvalue weighted by atomic mass is 16.1. The van der Waals surface area contributed by atoms with Gasteiger partial charge < -0.3 is 0 Å². The van der Waals surface area contributed by atoms with Crippen molar-refractivity contribution in [2.75, 3.05) is 0 Å². The smallest absolute Gasteiger partial charge is 0.141 e. The maximum absolute atomic E-state index is 12.8. The number of allylic oxidation sites excluding steroid dienone is 2. The van der Waals surface area contributed by atoms with Gasteiger partial charge in [-0.25, -0.2) is 0 Å². The normalized spacial score (nSPS) is 50.2. The van der Waals surface area contributed by atoms with Crippen molar-refractivity contribution in [3.8, 4) is 0 Å². The Morgan fingerprint density at radius 3 is 2.63 bits per heavy atom. The fourth-order valence-electron chi connectivity index (χ4n) is 5.82. The van der Waals surface area contributed by atoms with Crippen LogP contribution in [0.3, 0.4) is 0 Å². The third-order valence-corrected chi connectivity index (χ3v) is 6.91. The highest BCUT2D eigenvalue weighted by Gasteiger charge is 2.58. The lowest BCUT2D eigenvalue weighted by molar-refractivity contribution is -0.154. The molecule has 0 spiro atoms. The molecular weight excluding hydrogens is 232 g/mol. The van der Waals surface area contributed by atoms with Crippen molar-refractivity contribution in [1.29, 1.82) is 0 Å². The van der Waals surface area contributed by atoms with Crippen LogP contribution in [0.5, 0.6) is 0 Å². The Morgan fingerprint density at radius 1 is 1.16 bits per heavy atom. The number of hydrogen-bond acceptors (Lipinski definition) is 1. The first-order valence-corrected chi connectivity index (χ1v) is 8.10. The second-order valence-corrected chi connectivity index (χ2v) is 7.90. The van der Waals surface area contributed by atoms with Gasteiger partial charge in [-0.15, -0.1) is 0 Å². The van der Waals surface area contributed by atoms with Gasteiger partial charge in [0.15, 0.2) is 0 Å². The van der Waals surface area contributed by atoms with Crippen LogP contribution in [0.4, 0.5) is 0 Å². The zero-order valence-corrected chi connectivity index (χ0v) is 13.0. The molecule has 3 rings (SSSR count). The molecule has 0 N–H and O–H groups in total. The lowest BCUT2D eigenvalue weighted by Crippen LogP contribution is -2.56. The quantitative estimate of drug-likeness (QED) is 0.574. The molecule has 0 aromatic rings. The molecule has 19 heavy (non-hydrogen) atoms. The van der Waals surface area contributed by atoms with Crippen molar-refractivity contribution in [3.05, 3.63) is 11.6 Å². The Hall–Kier alpha value is -0.590. The number of fused-ring (bicyclic) bond motifs is 3. The number of carbonyl (C=O) groups is 1. The topological polar surface area (TPSA) is 17.1 Å². The van der Waals surface area contributed by atoms with Crippen molar-refractivity contribution < 1.29 is 4.79 Å². The van der Waals surface area contributed by atoms with Crippen molar-refractivity contribution >= 4 is 5.78 Å². The minimum Gasteiger partial charge on any atom is -0.299 e. The van der Waals surface area contributed by atoms with Crippen LogP contribution >= 0.6 is 0 Å². The lowest BCUT2D eigenvalue weighted by Gasteiger charge is -2.59. The summed E-state index contributed by atoms with van der Waals surface area (Å²) in [6.45, 7) is 9.23. The first kappa shape index (κ1) is 13.4. The summed E-state index contributed by atoms with van der Waals surface area (Å²) in [5, 5.41) is 0. The maximum atomic E-state index is 12.8. The molecular formula is C18H28O. The van der Waals surface area contributed by atoms with Crippen LogP contribution < -0.4 is 0 Å². The zero-order chi connectivity index (χ0) is 13.8. The molecule has 0 bridgehead atoms. The largest absolute Gasteiger partial charge is 0.299 e. The Bertz CT molecular complexity index is 435. The molecule has 1 heteroatoms. The second-order valence-electron chi connectivity index (χ2n) is 7.90. The van der Waals surface area contributed by atoms with Gasteiger partial charge in [-0.1, -0.05) is 32.4 Å². The summed E-state index contributed by atoms with van der Waals surface area (Å²) < 4.78 is 0. The van der Waals surface area contributed by atoms with Crippen LogP contribution in [-0.2, 0) is 4.79 Å². The molecule has 3 aliphatic carbocycles. The van der Waals surface area contributed by atoms with E-state index in [1.807, 2.05) is 0 Å². The molecule has 5 atom stereocenters. The van der Waals surface area contributed by atoms with Gasteiger partial charge in [-0.2, -0.15) is 0 Å². The molecule has 0 radical (unpaired) electrons. The molecule has 3 aliphatic rings. The summed E-state index contributed by atoms with van der Waals surface area (Å²) in [6, 6.07) is 0. The van der Waals surface area contributed by atoms with Crippen molar-refractivity contribution in [2.45, 2.75) is 66.2 Å². The van der Waals surface area contributed by atoms with Crippen molar-refractivity contribution in [2.24, 2.45) is 28.6 Å². The van der Waals surface area contributed by atoms with Crippen LogP contribution in [-0.4, -0.2) is 5.78 Å². The Balaban J connectivity index is 2.01. The van der Waals surface area contributed by atoms with Gasteiger partial charge in [0.05, 0.1) is 0 Å². The predicted molar refractivity (Wildman–Crippen MR) is 78.8 cm³/mol. The van der Waals surface area contributed by atoms with E-state index in [1.165, 1.54) is 25.7 Å². The SMILES string of the molecule is CC1=CCC[C@@]2(C)C1CC[C@@]1(C)C(=O)[C@@H](C)CCC21. The number of hydrogen-bond donors (Lipinski definition) is 0. The predicted octanol–water partition coefficient (Wildman–Crippen LogP) is 4.76. The molecule has 0 saturated heterocycles. The first-order valence-electron chi connectivity index (χ1n) is 8.10. The molecule has 0 amide bonds. The average molecular weight is 260 g/mol. The number of carbonyl (C=O) groups excluding carboxylic acids is 1.